The molecule has 0 unspecified atom stereocenters. The van der Waals surface area contributed by atoms with Gasteiger partial charge in [0.1, 0.15) is 5.75 Å². The van der Waals surface area contributed by atoms with Gasteiger partial charge in [0.25, 0.3) is 5.91 Å². The molecule has 92 valence electrons. The summed E-state index contributed by atoms with van der Waals surface area (Å²) in [4.78, 5) is 11.8. The Kier molecular flexibility index (Phi) is 4.57. The van der Waals surface area contributed by atoms with Gasteiger partial charge in [-0.2, -0.15) is 0 Å². The van der Waals surface area contributed by atoms with Gasteiger partial charge in [0.2, 0.25) is 0 Å². The molecule has 0 aliphatic heterocycles. The SMILES string of the molecule is COc1ccc(C(=O)NCC=C(C)C)c(N)c1. The van der Waals surface area contributed by atoms with Crippen LogP contribution in [0.2, 0.25) is 0 Å². The molecule has 0 heterocycles. The van der Waals surface area contributed by atoms with E-state index in [1.165, 1.54) is 0 Å². The molecule has 0 atom stereocenters. The Morgan fingerprint density at radius 1 is 1.47 bits per heavy atom. The topological polar surface area (TPSA) is 64.3 Å². The fraction of sp³-hybridized carbons (Fsp3) is 0.308. The molecule has 0 saturated carbocycles. The molecule has 0 aliphatic rings. The summed E-state index contributed by atoms with van der Waals surface area (Å²) in [6, 6.07) is 5.01. The summed E-state index contributed by atoms with van der Waals surface area (Å²) in [7, 11) is 1.56. The van der Waals surface area contributed by atoms with Gasteiger partial charge >= 0.3 is 0 Å². The highest BCUT2D eigenvalue weighted by atomic mass is 16.5. The summed E-state index contributed by atoms with van der Waals surface area (Å²) in [5.74, 6) is 0.464. The van der Waals surface area contributed by atoms with Crippen LogP contribution in [0.3, 0.4) is 0 Å². The van der Waals surface area contributed by atoms with Crippen LogP contribution >= 0.6 is 0 Å². The van der Waals surface area contributed by atoms with Gasteiger partial charge in [-0.05, 0) is 26.0 Å². The maximum atomic E-state index is 11.8. The normalized spacial score (nSPS) is 9.59. The molecule has 0 radical (unpaired) electrons. The number of amides is 1. The average Bonchev–Trinajstić information content (AvgIpc) is 2.28. The number of carbonyl (C=O) groups excluding carboxylic acids is 1. The van der Waals surface area contributed by atoms with Gasteiger partial charge < -0.3 is 15.8 Å². The predicted octanol–water partition coefficient (Wildman–Crippen LogP) is 1.97. The van der Waals surface area contributed by atoms with Crippen molar-refractivity contribution in [2.75, 3.05) is 19.4 Å². The van der Waals surface area contributed by atoms with E-state index in [9.17, 15) is 4.79 Å². The van der Waals surface area contributed by atoms with Crippen LogP contribution in [0.1, 0.15) is 24.2 Å². The first kappa shape index (κ1) is 13.1. The number of allylic oxidation sites excluding steroid dienone is 1. The van der Waals surface area contributed by atoms with Crippen LogP contribution in [-0.2, 0) is 0 Å². The molecule has 0 saturated heterocycles. The quantitative estimate of drug-likeness (QED) is 0.618. The van der Waals surface area contributed by atoms with E-state index in [0.717, 1.165) is 5.57 Å². The number of anilines is 1. The van der Waals surface area contributed by atoms with E-state index in [-0.39, 0.29) is 5.91 Å². The van der Waals surface area contributed by atoms with Gasteiger partial charge in [-0.1, -0.05) is 11.6 Å². The Labute approximate surface area is 101 Å². The number of carbonyl (C=O) groups is 1. The number of methoxy groups -OCH3 is 1. The predicted molar refractivity (Wildman–Crippen MR) is 69.2 cm³/mol. The molecule has 17 heavy (non-hydrogen) atoms. The molecule has 1 aromatic carbocycles. The highest BCUT2D eigenvalue weighted by Crippen LogP contribution is 2.19. The molecule has 4 heteroatoms. The van der Waals surface area contributed by atoms with Gasteiger partial charge in [-0.15, -0.1) is 0 Å². The smallest absolute Gasteiger partial charge is 0.253 e. The van der Waals surface area contributed by atoms with Crippen molar-refractivity contribution in [2.24, 2.45) is 0 Å². The van der Waals surface area contributed by atoms with Gasteiger partial charge in [-0.3, -0.25) is 4.79 Å². The lowest BCUT2D eigenvalue weighted by molar-refractivity contribution is 0.0959. The maximum absolute atomic E-state index is 11.8. The van der Waals surface area contributed by atoms with E-state index in [2.05, 4.69) is 5.32 Å². The lowest BCUT2D eigenvalue weighted by Gasteiger charge is -2.07. The van der Waals surface area contributed by atoms with Crippen molar-refractivity contribution in [3.05, 3.63) is 35.4 Å². The molecule has 0 aromatic heterocycles. The Morgan fingerprint density at radius 2 is 2.18 bits per heavy atom. The van der Waals surface area contributed by atoms with E-state index in [4.69, 9.17) is 10.5 Å². The number of nitrogen functional groups attached to an aromatic ring is 1. The van der Waals surface area contributed by atoms with Gasteiger partial charge in [0.05, 0.1) is 12.7 Å². The van der Waals surface area contributed by atoms with E-state index in [1.807, 2.05) is 19.9 Å². The Bertz CT molecular complexity index is 435. The minimum absolute atomic E-state index is 0.178. The summed E-state index contributed by atoms with van der Waals surface area (Å²) in [5, 5.41) is 2.77. The van der Waals surface area contributed by atoms with Crippen LogP contribution in [0.25, 0.3) is 0 Å². The van der Waals surface area contributed by atoms with Crippen LogP contribution in [0, 0.1) is 0 Å². The third-order valence-corrected chi connectivity index (χ3v) is 2.28. The van der Waals surface area contributed by atoms with E-state index in [0.29, 0.717) is 23.5 Å². The van der Waals surface area contributed by atoms with Crippen LogP contribution in [-0.4, -0.2) is 19.6 Å². The number of ether oxygens (including phenoxy) is 1. The molecule has 1 rings (SSSR count). The van der Waals surface area contributed by atoms with Crippen molar-refractivity contribution in [2.45, 2.75) is 13.8 Å². The average molecular weight is 234 g/mol. The molecule has 0 spiro atoms. The fourth-order valence-corrected chi connectivity index (χ4v) is 1.32. The molecule has 3 N–H and O–H groups in total. The first-order valence-electron chi connectivity index (χ1n) is 5.39. The largest absolute Gasteiger partial charge is 0.497 e. The number of hydrogen-bond acceptors (Lipinski definition) is 3. The molecule has 0 fully saturated rings. The third kappa shape index (κ3) is 3.83. The van der Waals surface area contributed by atoms with Gasteiger partial charge in [0.15, 0.2) is 0 Å². The summed E-state index contributed by atoms with van der Waals surface area (Å²) in [6.07, 6.45) is 1.94. The van der Waals surface area contributed by atoms with Crippen LogP contribution < -0.4 is 15.8 Å². The lowest BCUT2D eigenvalue weighted by Crippen LogP contribution is -2.24. The number of rotatable bonds is 4. The number of hydrogen-bond donors (Lipinski definition) is 2. The minimum Gasteiger partial charge on any atom is -0.497 e. The molecule has 4 nitrogen and oxygen atoms in total. The van der Waals surface area contributed by atoms with Crippen molar-refractivity contribution in [1.29, 1.82) is 0 Å². The van der Waals surface area contributed by atoms with Crippen molar-refractivity contribution in [3.8, 4) is 5.75 Å². The van der Waals surface area contributed by atoms with Crippen LogP contribution in [0.5, 0.6) is 5.75 Å². The van der Waals surface area contributed by atoms with Crippen LogP contribution in [0.15, 0.2) is 29.8 Å². The third-order valence-electron chi connectivity index (χ3n) is 2.28. The first-order valence-corrected chi connectivity index (χ1v) is 5.39. The Morgan fingerprint density at radius 3 is 2.71 bits per heavy atom. The molecular formula is C13H18N2O2. The zero-order valence-electron chi connectivity index (χ0n) is 10.4. The van der Waals surface area contributed by atoms with Crippen molar-refractivity contribution in [1.82, 2.24) is 5.32 Å². The lowest BCUT2D eigenvalue weighted by atomic mass is 10.1. The second-order valence-electron chi connectivity index (χ2n) is 3.94. The van der Waals surface area contributed by atoms with E-state index >= 15 is 0 Å². The standard InChI is InChI=1S/C13H18N2O2/c1-9(2)6-7-15-13(16)11-5-4-10(17-3)8-12(11)14/h4-6,8H,7,14H2,1-3H3,(H,15,16). The Hall–Kier alpha value is -1.97. The van der Waals surface area contributed by atoms with E-state index < -0.39 is 0 Å². The highest BCUT2D eigenvalue weighted by Gasteiger charge is 2.09. The summed E-state index contributed by atoms with van der Waals surface area (Å²) in [5.41, 5.74) is 7.81. The zero-order valence-corrected chi connectivity index (χ0v) is 10.4. The van der Waals surface area contributed by atoms with E-state index in [1.54, 1.807) is 25.3 Å². The fourth-order valence-electron chi connectivity index (χ4n) is 1.32. The monoisotopic (exact) mass is 234 g/mol. The summed E-state index contributed by atoms with van der Waals surface area (Å²) in [6.45, 7) is 4.47. The van der Waals surface area contributed by atoms with Crippen molar-refractivity contribution in [3.63, 3.8) is 0 Å². The summed E-state index contributed by atoms with van der Waals surface area (Å²) >= 11 is 0. The molecule has 0 bridgehead atoms. The molecule has 0 aliphatic carbocycles. The van der Waals surface area contributed by atoms with Crippen molar-refractivity contribution < 1.29 is 9.53 Å². The maximum Gasteiger partial charge on any atom is 0.253 e. The Balaban J connectivity index is 2.72. The molecule has 1 amide bonds. The molecule has 1 aromatic rings. The second kappa shape index (κ2) is 5.94. The summed E-state index contributed by atoms with van der Waals surface area (Å²) < 4.78 is 5.02. The minimum atomic E-state index is -0.178. The van der Waals surface area contributed by atoms with Crippen molar-refractivity contribution >= 4 is 11.6 Å². The number of benzene rings is 1. The number of nitrogens with two attached hydrogens (primary N) is 1. The number of nitrogens with one attached hydrogen (secondary N) is 1. The van der Waals surface area contributed by atoms with Gasteiger partial charge in [0, 0.05) is 18.3 Å². The second-order valence-corrected chi connectivity index (χ2v) is 3.94. The zero-order chi connectivity index (χ0) is 12.8. The van der Waals surface area contributed by atoms with Gasteiger partial charge in [-0.25, -0.2) is 0 Å². The highest BCUT2D eigenvalue weighted by molar-refractivity contribution is 5.99. The van der Waals surface area contributed by atoms with Crippen LogP contribution in [0.4, 0.5) is 5.69 Å². The molecular weight excluding hydrogens is 216 g/mol. The first-order chi connectivity index (χ1) is 8.04.